The molecule has 2 atom stereocenters. The Balaban J connectivity index is 1.74. The number of aryl methyl sites for hydroxylation is 1. The third-order valence-electron chi connectivity index (χ3n) is 6.29. The number of aromatic nitrogens is 2. The monoisotopic (exact) mass is 499 g/mol. The van der Waals surface area contributed by atoms with Crippen molar-refractivity contribution < 1.29 is 26.4 Å². The van der Waals surface area contributed by atoms with Crippen molar-refractivity contribution in [2.45, 2.75) is 74.1 Å². The molecular weight excluding hydrogens is 471 g/mol. The van der Waals surface area contributed by atoms with Gasteiger partial charge in [0.2, 0.25) is 5.91 Å². The molecule has 0 radical (unpaired) electrons. The van der Waals surface area contributed by atoms with Crippen LogP contribution in [0.5, 0.6) is 0 Å². The van der Waals surface area contributed by atoms with Crippen LogP contribution in [0.25, 0.3) is 0 Å². The first-order valence-corrected chi connectivity index (χ1v) is 12.6. The number of benzene rings is 1. The van der Waals surface area contributed by atoms with Crippen LogP contribution in [0.1, 0.15) is 50.4 Å². The molecule has 2 aromatic rings. The van der Waals surface area contributed by atoms with Gasteiger partial charge in [0.25, 0.3) is 0 Å². The van der Waals surface area contributed by atoms with E-state index in [4.69, 9.17) is 5.73 Å². The smallest absolute Gasteiger partial charge is 0.343 e. The highest BCUT2D eigenvalue weighted by molar-refractivity contribution is 7.92. The summed E-state index contributed by atoms with van der Waals surface area (Å²) in [5, 5.41) is 5.99. The molecule has 2 heterocycles. The number of carbonyl (C=O) groups is 1. The number of rotatable bonds is 6. The number of amides is 1. The molecule has 0 unspecified atom stereocenters. The van der Waals surface area contributed by atoms with Crippen LogP contribution in [0.2, 0.25) is 0 Å². The molecule has 1 aromatic carbocycles. The molecule has 3 N–H and O–H groups in total. The van der Waals surface area contributed by atoms with Crippen LogP contribution in [0, 0.1) is 6.92 Å². The van der Waals surface area contributed by atoms with Gasteiger partial charge in [0.1, 0.15) is 11.9 Å². The van der Waals surface area contributed by atoms with Crippen LogP contribution in [0.15, 0.2) is 35.2 Å². The van der Waals surface area contributed by atoms with Gasteiger partial charge in [-0.1, -0.05) is 12.1 Å². The van der Waals surface area contributed by atoms with Crippen LogP contribution in [-0.2, 0) is 20.8 Å². The van der Waals surface area contributed by atoms with Gasteiger partial charge in [0, 0.05) is 18.7 Å². The van der Waals surface area contributed by atoms with E-state index in [1.54, 1.807) is 22.6 Å². The number of nitrogens with two attached hydrogens (primary N) is 1. The number of nitrogens with one attached hydrogen (secondary N) is 1. The molecule has 0 spiro atoms. The largest absolute Gasteiger partial charge is 0.417 e. The van der Waals surface area contributed by atoms with E-state index in [0.29, 0.717) is 24.4 Å². The second-order valence-electron chi connectivity index (χ2n) is 9.39. The standard InChI is InChI=1S/C22H28F3N5O3S/c1-13(2)30-19(10-14(3)28-30)29-12-15(11-17(29)20(31)27-21(26)8-9-21)34(32,33)18-7-5-4-6-16(18)22(23,24)25/h4-7,10,13,15,17H,8-9,11-12,26H2,1-3H3,(H,27,31)/t15-,17+/m1/s1. The molecule has 1 saturated carbocycles. The number of sulfone groups is 1. The van der Waals surface area contributed by atoms with E-state index in [1.807, 2.05) is 13.8 Å². The number of nitrogens with zero attached hydrogens (tertiary/aromatic N) is 3. The van der Waals surface area contributed by atoms with Gasteiger partial charge in [-0.05, 0) is 52.2 Å². The Morgan fingerprint density at radius 2 is 1.91 bits per heavy atom. The summed E-state index contributed by atoms with van der Waals surface area (Å²) in [7, 11) is -4.42. The van der Waals surface area contributed by atoms with Gasteiger partial charge >= 0.3 is 6.18 Å². The highest BCUT2D eigenvalue weighted by Gasteiger charge is 2.49. The fourth-order valence-electron chi connectivity index (χ4n) is 4.34. The maximum Gasteiger partial charge on any atom is 0.417 e. The summed E-state index contributed by atoms with van der Waals surface area (Å²) in [6, 6.07) is 4.88. The highest BCUT2D eigenvalue weighted by atomic mass is 32.2. The van der Waals surface area contributed by atoms with Crippen molar-refractivity contribution in [3.8, 4) is 0 Å². The lowest BCUT2D eigenvalue weighted by molar-refractivity contribution is -0.139. The van der Waals surface area contributed by atoms with E-state index in [1.165, 1.54) is 6.07 Å². The maximum absolute atomic E-state index is 13.6. The first-order chi connectivity index (χ1) is 15.7. The van der Waals surface area contributed by atoms with Crippen LogP contribution >= 0.6 is 0 Å². The van der Waals surface area contributed by atoms with E-state index in [0.717, 1.165) is 18.2 Å². The molecule has 2 fully saturated rings. The summed E-state index contributed by atoms with van der Waals surface area (Å²) in [6.07, 6.45) is -3.78. The molecule has 186 valence electrons. The number of hydrogen-bond donors (Lipinski definition) is 2. The summed E-state index contributed by atoms with van der Waals surface area (Å²) in [5.41, 5.74) is 4.69. The van der Waals surface area contributed by atoms with Crippen LogP contribution in [0.3, 0.4) is 0 Å². The summed E-state index contributed by atoms with van der Waals surface area (Å²) in [6.45, 7) is 5.42. The number of carbonyl (C=O) groups excluding carboxylic acids is 1. The number of anilines is 1. The van der Waals surface area contributed by atoms with Crippen LogP contribution in [-0.4, -0.2) is 47.6 Å². The molecule has 2 aliphatic rings. The maximum atomic E-state index is 13.6. The lowest BCUT2D eigenvalue weighted by Gasteiger charge is -2.28. The molecule has 4 rings (SSSR count). The van der Waals surface area contributed by atoms with Crippen molar-refractivity contribution in [3.63, 3.8) is 0 Å². The Hall–Kier alpha value is -2.60. The van der Waals surface area contributed by atoms with Crippen molar-refractivity contribution in [2.75, 3.05) is 11.4 Å². The molecule has 12 heteroatoms. The van der Waals surface area contributed by atoms with Crippen molar-refractivity contribution >= 4 is 21.6 Å². The number of hydrogen-bond acceptors (Lipinski definition) is 6. The molecule has 34 heavy (non-hydrogen) atoms. The van der Waals surface area contributed by atoms with Gasteiger partial charge in [-0.15, -0.1) is 0 Å². The third-order valence-corrected chi connectivity index (χ3v) is 8.47. The van der Waals surface area contributed by atoms with Crippen LogP contribution in [0.4, 0.5) is 19.0 Å². The normalized spacial score (nSPS) is 22.3. The first kappa shape index (κ1) is 24.5. The second kappa shape index (κ2) is 8.26. The Morgan fingerprint density at radius 1 is 1.26 bits per heavy atom. The van der Waals surface area contributed by atoms with Gasteiger partial charge < -0.3 is 16.0 Å². The van der Waals surface area contributed by atoms with Gasteiger partial charge in [-0.3, -0.25) is 4.79 Å². The van der Waals surface area contributed by atoms with E-state index >= 15 is 0 Å². The molecule has 1 aromatic heterocycles. The van der Waals surface area contributed by atoms with Crippen molar-refractivity contribution in [1.29, 1.82) is 0 Å². The number of alkyl halides is 3. The predicted molar refractivity (Wildman–Crippen MR) is 120 cm³/mol. The SMILES string of the molecule is Cc1cc(N2C[C@H](S(=O)(=O)c3ccccc3C(F)(F)F)C[C@H]2C(=O)NC2(N)CC2)n(C(C)C)n1. The summed E-state index contributed by atoms with van der Waals surface area (Å²) in [5.74, 6) is 0.0901. The topological polar surface area (TPSA) is 110 Å². The fourth-order valence-corrected chi connectivity index (χ4v) is 6.25. The molecule has 0 bridgehead atoms. The third kappa shape index (κ3) is 4.52. The van der Waals surface area contributed by atoms with Gasteiger partial charge in [0.15, 0.2) is 9.84 Å². The second-order valence-corrected chi connectivity index (χ2v) is 11.6. The number of halogens is 3. The van der Waals surface area contributed by atoms with Crippen molar-refractivity contribution in [1.82, 2.24) is 15.1 Å². The summed E-state index contributed by atoms with van der Waals surface area (Å²) < 4.78 is 69.4. The Labute approximate surface area is 196 Å². The Morgan fingerprint density at radius 3 is 2.50 bits per heavy atom. The van der Waals surface area contributed by atoms with Crippen LogP contribution < -0.4 is 16.0 Å². The molecule has 8 nitrogen and oxygen atoms in total. The van der Waals surface area contributed by atoms with E-state index in [2.05, 4.69) is 10.4 Å². The average Bonchev–Trinajstić information content (AvgIpc) is 3.14. The molecule has 1 aliphatic carbocycles. The average molecular weight is 500 g/mol. The van der Waals surface area contributed by atoms with Gasteiger partial charge in [0.05, 0.1) is 27.1 Å². The molecular formula is C22H28F3N5O3S. The lowest BCUT2D eigenvalue weighted by Crippen LogP contribution is -2.52. The minimum atomic E-state index is -4.83. The van der Waals surface area contributed by atoms with Crippen molar-refractivity contribution in [3.05, 3.63) is 41.6 Å². The predicted octanol–water partition coefficient (Wildman–Crippen LogP) is 2.78. The fraction of sp³-hybridized carbons (Fsp3) is 0.545. The lowest BCUT2D eigenvalue weighted by atomic mass is 10.2. The minimum absolute atomic E-state index is 0.0849. The van der Waals surface area contributed by atoms with Gasteiger partial charge in [-0.2, -0.15) is 18.3 Å². The zero-order valence-corrected chi connectivity index (χ0v) is 19.9. The van der Waals surface area contributed by atoms with E-state index in [9.17, 15) is 26.4 Å². The molecule has 1 aliphatic heterocycles. The highest BCUT2D eigenvalue weighted by Crippen LogP contribution is 2.39. The Bertz CT molecular complexity index is 1200. The zero-order valence-electron chi connectivity index (χ0n) is 19.1. The summed E-state index contributed by atoms with van der Waals surface area (Å²) in [4.78, 5) is 14.0. The minimum Gasteiger partial charge on any atom is -0.343 e. The zero-order chi connectivity index (χ0) is 25.1. The molecule has 1 saturated heterocycles. The Kier molecular flexibility index (Phi) is 5.96. The quantitative estimate of drug-likeness (QED) is 0.592. The summed E-state index contributed by atoms with van der Waals surface area (Å²) >= 11 is 0. The van der Waals surface area contributed by atoms with E-state index in [-0.39, 0.29) is 19.0 Å². The first-order valence-electron chi connectivity index (χ1n) is 11.1. The van der Waals surface area contributed by atoms with Crippen molar-refractivity contribution in [2.24, 2.45) is 5.73 Å². The van der Waals surface area contributed by atoms with E-state index < -0.39 is 49.3 Å². The van der Waals surface area contributed by atoms with Gasteiger partial charge in [-0.25, -0.2) is 13.1 Å². The molecule has 1 amide bonds.